The summed E-state index contributed by atoms with van der Waals surface area (Å²) in [5.41, 5.74) is 3.17. The summed E-state index contributed by atoms with van der Waals surface area (Å²) in [6, 6.07) is 13.9. The quantitative estimate of drug-likeness (QED) is 0.888. The number of hydrogen-bond acceptors (Lipinski definition) is 2. The van der Waals surface area contributed by atoms with Gasteiger partial charge in [0.05, 0.1) is 18.7 Å². The highest BCUT2D eigenvalue weighted by atomic mass is 79.9. The van der Waals surface area contributed by atoms with E-state index < -0.39 is 0 Å². The molecule has 0 saturated heterocycles. The van der Waals surface area contributed by atoms with Crippen molar-refractivity contribution in [1.82, 2.24) is 5.32 Å². The average Bonchev–Trinajstić information content (AvgIpc) is 2.55. The zero-order valence-electron chi connectivity index (χ0n) is 12.4. The largest absolute Gasteiger partial charge is 0.497 e. The number of fused-ring (bicyclic) bond motifs is 1. The predicted molar refractivity (Wildman–Crippen MR) is 90.3 cm³/mol. The van der Waals surface area contributed by atoms with Gasteiger partial charge in [0.1, 0.15) is 5.75 Å². The molecule has 0 aromatic heterocycles. The molecule has 1 aliphatic carbocycles. The van der Waals surface area contributed by atoms with Gasteiger partial charge in [0.25, 0.3) is 5.91 Å². The van der Waals surface area contributed by atoms with Crippen molar-refractivity contribution < 1.29 is 9.53 Å². The van der Waals surface area contributed by atoms with Crippen molar-refractivity contribution in [3.63, 3.8) is 0 Å². The number of amides is 1. The normalized spacial score (nSPS) is 16.7. The van der Waals surface area contributed by atoms with Crippen LogP contribution in [-0.2, 0) is 6.42 Å². The third-order valence-corrected chi connectivity index (χ3v) is 4.78. The number of halogens is 1. The smallest absolute Gasteiger partial charge is 0.253 e. The second kappa shape index (κ2) is 6.53. The zero-order valence-corrected chi connectivity index (χ0v) is 14.0. The van der Waals surface area contributed by atoms with E-state index in [1.807, 2.05) is 18.2 Å². The van der Waals surface area contributed by atoms with E-state index in [4.69, 9.17) is 4.74 Å². The maximum absolute atomic E-state index is 12.6. The van der Waals surface area contributed by atoms with Crippen LogP contribution < -0.4 is 10.1 Å². The van der Waals surface area contributed by atoms with Crippen molar-refractivity contribution in [3.05, 3.63) is 63.6 Å². The number of carbonyl (C=O) groups is 1. The van der Waals surface area contributed by atoms with Crippen LogP contribution in [0.15, 0.2) is 46.9 Å². The lowest BCUT2D eigenvalue weighted by Gasteiger charge is -2.26. The molecule has 22 heavy (non-hydrogen) atoms. The topological polar surface area (TPSA) is 38.3 Å². The van der Waals surface area contributed by atoms with Crippen molar-refractivity contribution in [2.75, 3.05) is 7.11 Å². The molecular weight excluding hydrogens is 342 g/mol. The van der Waals surface area contributed by atoms with Crippen LogP contribution in [0.5, 0.6) is 5.75 Å². The van der Waals surface area contributed by atoms with Gasteiger partial charge in [-0.05, 0) is 64.5 Å². The third kappa shape index (κ3) is 3.02. The number of aryl methyl sites for hydroxylation is 1. The first-order valence-electron chi connectivity index (χ1n) is 7.41. The molecule has 1 aliphatic rings. The lowest BCUT2D eigenvalue weighted by Crippen LogP contribution is -2.31. The lowest BCUT2D eigenvalue weighted by atomic mass is 9.87. The SMILES string of the molecule is COc1ccc(Br)c(C(=O)NC2CCCc3ccccc32)c1. The Morgan fingerprint density at radius 1 is 1.27 bits per heavy atom. The highest BCUT2D eigenvalue weighted by Crippen LogP contribution is 2.30. The number of hydrogen-bond donors (Lipinski definition) is 1. The molecule has 3 rings (SSSR count). The average molecular weight is 360 g/mol. The zero-order chi connectivity index (χ0) is 15.5. The summed E-state index contributed by atoms with van der Waals surface area (Å²) in [5.74, 6) is 0.602. The molecule has 2 aromatic rings. The van der Waals surface area contributed by atoms with E-state index in [2.05, 4.69) is 39.4 Å². The lowest BCUT2D eigenvalue weighted by molar-refractivity contribution is 0.0931. The van der Waals surface area contributed by atoms with Gasteiger partial charge < -0.3 is 10.1 Å². The van der Waals surface area contributed by atoms with Crippen LogP contribution in [0.1, 0.15) is 40.4 Å². The van der Waals surface area contributed by atoms with Gasteiger partial charge in [-0.1, -0.05) is 24.3 Å². The van der Waals surface area contributed by atoms with Gasteiger partial charge in [-0.25, -0.2) is 0 Å². The molecule has 1 N–H and O–H groups in total. The maximum Gasteiger partial charge on any atom is 0.253 e. The molecule has 0 aliphatic heterocycles. The number of rotatable bonds is 3. The summed E-state index contributed by atoms with van der Waals surface area (Å²) >= 11 is 3.44. The van der Waals surface area contributed by atoms with Crippen molar-refractivity contribution in [3.8, 4) is 5.75 Å². The minimum absolute atomic E-state index is 0.0764. The molecule has 0 bridgehead atoms. The Morgan fingerprint density at radius 3 is 2.91 bits per heavy atom. The fourth-order valence-electron chi connectivity index (χ4n) is 2.95. The van der Waals surface area contributed by atoms with Gasteiger partial charge in [-0.3, -0.25) is 4.79 Å². The highest BCUT2D eigenvalue weighted by Gasteiger charge is 2.22. The highest BCUT2D eigenvalue weighted by molar-refractivity contribution is 9.10. The van der Waals surface area contributed by atoms with E-state index in [1.165, 1.54) is 11.1 Å². The molecule has 4 heteroatoms. The fourth-order valence-corrected chi connectivity index (χ4v) is 3.37. The van der Waals surface area contributed by atoms with Gasteiger partial charge in [-0.2, -0.15) is 0 Å². The van der Waals surface area contributed by atoms with Crippen molar-refractivity contribution in [1.29, 1.82) is 0 Å². The van der Waals surface area contributed by atoms with Gasteiger partial charge in [-0.15, -0.1) is 0 Å². The third-order valence-electron chi connectivity index (χ3n) is 4.09. The summed E-state index contributed by atoms with van der Waals surface area (Å²) in [7, 11) is 1.60. The molecule has 0 spiro atoms. The number of benzene rings is 2. The number of carbonyl (C=O) groups excluding carboxylic acids is 1. The van der Waals surface area contributed by atoms with Crippen molar-refractivity contribution >= 4 is 21.8 Å². The minimum Gasteiger partial charge on any atom is -0.497 e. The second-order valence-electron chi connectivity index (χ2n) is 5.46. The van der Waals surface area contributed by atoms with Crippen LogP contribution in [0.25, 0.3) is 0 Å². The second-order valence-corrected chi connectivity index (χ2v) is 6.32. The van der Waals surface area contributed by atoms with Crippen LogP contribution in [0, 0.1) is 0 Å². The van der Waals surface area contributed by atoms with Crippen LogP contribution in [0.4, 0.5) is 0 Å². The van der Waals surface area contributed by atoms with E-state index in [9.17, 15) is 4.79 Å². The van der Waals surface area contributed by atoms with Crippen molar-refractivity contribution in [2.24, 2.45) is 0 Å². The molecule has 0 heterocycles. The first-order valence-corrected chi connectivity index (χ1v) is 8.20. The minimum atomic E-state index is -0.0764. The molecule has 1 atom stereocenters. The fraction of sp³-hybridized carbons (Fsp3) is 0.278. The van der Waals surface area contributed by atoms with Crippen LogP contribution in [-0.4, -0.2) is 13.0 Å². The molecule has 0 radical (unpaired) electrons. The Balaban J connectivity index is 1.84. The summed E-state index contributed by atoms with van der Waals surface area (Å²) in [4.78, 5) is 12.6. The number of methoxy groups -OCH3 is 1. The van der Waals surface area contributed by atoms with E-state index in [-0.39, 0.29) is 11.9 Å². The van der Waals surface area contributed by atoms with E-state index in [1.54, 1.807) is 13.2 Å². The Labute approximate surface area is 138 Å². The molecule has 114 valence electrons. The predicted octanol–water partition coefficient (Wildman–Crippen LogP) is 4.27. The van der Waals surface area contributed by atoms with Gasteiger partial charge >= 0.3 is 0 Å². The summed E-state index contributed by atoms with van der Waals surface area (Å²) < 4.78 is 5.98. The van der Waals surface area contributed by atoms with Crippen LogP contribution >= 0.6 is 15.9 Å². The maximum atomic E-state index is 12.6. The number of nitrogens with one attached hydrogen (secondary N) is 1. The molecule has 0 saturated carbocycles. The number of ether oxygens (including phenoxy) is 1. The molecule has 3 nitrogen and oxygen atoms in total. The van der Waals surface area contributed by atoms with E-state index in [0.717, 1.165) is 23.7 Å². The van der Waals surface area contributed by atoms with Crippen molar-refractivity contribution in [2.45, 2.75) is 25.3 Å². The first-order chi connectivity index (χ1) is 10.7. The van der Waals surface area contributed by atoms with Crippen LogP contribution in [0.3, 0.4) is 0 Å². The molecule has 0 fully saturated rings. The molecular formula is C18H18BrNO2. The van der Waals surface area contributed by atoms with Gasteiger partial charge in [0.2, 0.25) is 0 Å². The first kappa shape index (κ1) is 15.1. The van der Waals surface area contributed by atoms with Gasteiger partial charge in [0, 0.05) is 4.47 Å². The Kier molecular flexibility index (Phi) is 4.48. The monoisotopic (exact) mass is 359 g/mol. The summed E-state index contributed by atoms with van der Waals surface area (Å²) in [5, 5.41) is 3.16. The standard InChI is InChI=1S/C18H18BrNO2/c1-22-13-9-10-16(19)15(11-13)18(21)20-17-8-4-6-12-5-2-3-7-14(12)17/h2-3,5,7,9-11,17H,4,6,8H2,1H3,(H,20,21). The Hall–Kier alpha value is -1.81. The summed E-state index contributed by atoms with van der Waals surface area (Å²) in [6.07, 6.45) is 3.16. The Morgan fingerprint density at radius 2 is 2.09 bits per heavy atom. The molecule has 2 aromatic carbocycles. The molecule has 1 unspecified atom stereocenters. The van der Waals surface area contributed by atoms with E-state index >= 15 is 0 Å². The van der Waals surface area contributed by atoms with E-state index in [0.29, 0.717) is 11.3 Å². The Bertz CT molecular complexity index is 699. The van der Waals surface area contributed by atoms with Gasteiger partial charge in [0.15, 0.2) is 0 Å². The molecule has 1 amide bonds. The summed E-state index contributed by atoms with van der Waals surface area (Å²) in [6.45, 7) is 0. The van der Waals surface area contributed by atoms with Crippen LogP contribution in [0.2, 0.25) is 0 Å².